The van der Waals surface area contributed by atoms with E-state index in [0.717, 1.165) is 36.6 Å². The molecule has 0 aliphatic heterocycles. The van der Waals surface area contributed by atoms with Crippen LogP contribution in [0.1, 0.15) is 43.4 Å². The molecular formula is C14H21N5. The van der Waals surface area contributed by atoms with Crippen LogP contribution in [0.2, 0.25) is 0 Å². The van der Waals surface area contributed by atoms with Crippen LogP contribution in [-0.4, -0.2) is 26.3 Å². The molecule has 0 bridgehead atoms. The van der Waals surface area contributed by atoms with E-state index in [1.807, 2.05) is 30.1 Å². The number of nitrogens with one attached hydrogen (secondary N) is 1. The molecule has 2 aromatic heterocycles. The SMILES string of the molecule is CCCNC(c1cnn(CC)c1)c1ccnc(C)n1. The monoisotopic (exact) mass is 259 g/mol. The normalized spacial score (nSPS) is 12.6. The van der Waals surface area contributed by atoms with Gasteiger partial charge in [0.1, 0.15) is 5.82 Å². The fourth-order valence-corrected chi connectivity index (χ4v) is 2.02. The zero-order valence-corrected chi connectivity index (χ0v) is 11.8. The van der Waals surface area contributed by atoms with E-state index in [1.54, 1.807) is 0 Å². The Hall–Kier alpha value is -1.75. The number of nitrogens with zero attached hydrogens (tertiary/aromatic N) is 4. The smallest absolute Gasteiger partial charge is 0.125 e. The summed E-state index contributed by atoms with van der Waals surface area (Å²) in [4.78, 5) is 8.69. The second-order valence-electron chi connectivity index (χ2n) is 4.55. The van der Waals surface area contributed by atoms with Crippen LogP contribution in [0.5, 0.6) is 0 Å². The van der Waals surface area contributed by atoms with E-state index >= 15 is 0 Å². The molecular weight excluding hydrogens is 238 g/mol. The number of hydrogen-bond acceptors (Lipinski definition) is 4. The molecule has 0 aliphatic carbocycles. The van der Waals surface area contributed by atoms with Gasteiger partial charge >= 0.3 is 0 Å². The van der Waals surface area contributed by atoms with E-state index < -0.39 is 0 Å². The maximum absolute atomic E-state index is 4.53. The van der Waals surface area contributed by atoms with Crippen LogP contribution in [0.25, 0.3) is 0 Å². The van der Waals surface area contributed by atoms with Crippen molar-refractivity contribution in [3.05, 3.63) is 41.7 Å². The summed E-state index contributed by atoms with van der Waals surface area (Å²) in [7, 11) is 0. The molecule has 0 saturated carbocycles. The molecule has 19 heavy (non-hydrogen) atoms. The van der Waals surface area contributed by atoms with Crippen LogP contribution in [0.4, 0.5) is 0 Å². The third-order valence-corrected chi connectivity index (χ3v) is 3.00. The summed E-state index contributed by atoms with van der Waals surface area (Å²) in [6, 6.07) is 2.05. The summed E-state index contributed by atoms with van der Waals surface area (Å²) < 4.78 is 1.93. The van der Waals surface area contributed by atoms with Gasteiger partial charge in [-0.25, -0.2) is 9.97 Å². The van der Waals surface area contributed by atoms with Crippen LogP contribution < -0.4 is 5.32 Å². The van der Waals surface area contributed by atoms with Gasteiger partial charge in [-0.15, -0.1) is 0 Å². The highest BCUT2D eigenvalue weighted by Gasteiger charge is 2.16. The molecule has 2 rings (SSSR count). The maximum Gasteiger partial charge on any atom is 0.125 e. The predicted molar refractivity (Wildman–Crippen MR) is 74.8 cm³/mol. The minimum atomic E-state index is 0.0851. The number of aryl methyl sites for hydroxylation is 2. The first-order valence-corrected chi connectivity index (χ1v) is 6.79. The van der Waals surface area contributed by atoms with Gasteiger partial charge < -0.3 is 5.32 Å². The van der Waals surface area contributed by atoms with Crippen molar-refractivity contribution in [1.29, 1.82) is 0 Å². The first-order valence-electron chi connectivity index (χ1n) is 6.79. The second kappa shape index (κ2) is 6.43. The Morgan fingerprint density at radius 1 is 1.37 bits per heavy atom. The third-order valence-electron chi connectivity index (χ3n) is 3.00. The van der Waals surface area contributed by atoms with Gasteiger partial charge in [-0.1, -0.05) is 6.92 Å². The summed E-state index contributed by atoms with van der Waals surface area (Å²) >= 11 is 0. The number of aromatic nitrogens is 4. The molecule has 102 valence electrons. The lowest BCUT2D eigenvalue weighted by atomic mass is 10.1. The minimum Gasteiger partial charge on any atom is -0.305 e. The molecule has 0 amide bonds. The first-order chi connectivity index (χ1) is 9.24. The van der Waals surface area contributed by atoms with E-state index in [2.05, 4.69) is 40.4 Å². The molecule has 1 unspecified atom stereocenters. The number of rotatable bonds is 6. The van der Waals surface area contributed by atoms with Gasteiger partial charge in [0.2, 0.25) is 0 Å². The molecule has 1 N–H and O–H groups in total. The molecule has 0 radical (unpaired) electrons. The van der Waals surface area contributed by atoms with Gasteiger partial charge in [0, 0.05) is 24.5 Å². The van der Waals surface area contributed by atoms with Gasteiger partial charge in [-0.2, -0.15) is 5.10 Å². The van der Waals surface area contributed by atoms with E-state index in [9.17, 15) is 0 Å². The van der Waals surface area contributed by atoms with Gasteiger partial charge in [-0.3, -0.25) is 4.68 Å². The summed E-state index contributed by atoms with van der Waals surface area (Å²) in [5.41, 5.74) is 2.14. The van der Waals surface area contributed by atoms with E-state index in [1.165, 1.54) is 0 Å². The third kappa shape index (κ3) is 3.38. The zero-order valence-electron chi connectivity index (χ0n) is 11.8. The molecule has 5 nitrogen and oxygen atoms in total. The lowest BCUT2D eigenvalue weighted by molar-refractivity contribution is 0.581. The lowest BCUT2D eigenvalue weighted by Crippen LogP contribution is -2.24. The van der Waals surface area contributed by atoms with Gasteiger partial charge in [0.05, 0.1) is 17.9 Å². The Kier molecular flexibility index (Phi) is 4.63. The van der Waals surface area contributed by atoms with E-state index in [-0.39, 0.29) is 6.04 Å². The van der Waals surface area contributed by atoms with Crippen molar-refractivity contribution in [2.45, 2.75) is 39.8 Å². The standard InChI is InChI=1S/C14H21N5/c1-4-7-16-14(12-9-17-19(5-2)10-12)13-6-8-15-11(3)18-13/h6,8-10,14,16H,4-5,7H2,1-3H3. The summed E-state index contributed by atoms with van der Waals surface area (Å²) in [5, 5.41) is 7.87. The highest BCUT2D eigenvalue weighted by molar-refractivity contribution is 5.23. The Balaban J connectivity index is 2.29. The Morgan fingerprint density at radius 2 is 2.21 bits per heavy atom. The summed E-state index contributed by atoms with van der Waals surface area (Å²) in [6.07, 6.45) is 6.88. The van der Waals surface area contributed by atoms with E-state index in [4.69, 9.17) is 0 Å². The fourth-order valence-electron chi connectivity index (χ4n) is 2.02. The van der Waals surface area contributed by atoms with Crippen molar-refractivity contribution in [3.8, 4) is 0 Å². The van der Waals surface area contributed by atoms with Crippen molar-refractivity contribution in [2.24, 2.45) is 0 Å². The highest BCUT2D eigenvalue weighted by Crippen LogP contribution is 2.19. The Bertz CT molecular complexity index is 520. The molecule has 5 heteroatoms. The largest absolute Gasteiger partial charge is 0.305 e. The van der Waals surface area contributed by atoms with Crippen LogP contribution in [0.15, 0.2) is 24.7 Å². The summed E-state index contributed by atoms with van der Waals surface area (Å²) in [6.45, 7) is 7.98. The number of hydrogen-bond donors (Lipinski definition) is 1. The molecule has 0 aliphatic rings. The summed E-state index contributed by atoms with van der Waals surface area (Å²) in [5.74, 6) is 0.795. The van der Waals surface area contributed by atoms with Crippen molar-refractivity contribution >= 4 is 0 Å². The van der Waals surface area contributed by atoms with E-state index in [0.29, 0.717) is 0 Å². The van der Waals surface area contributed by atoms with Crippen molar-refractivity contribution in [2.75, 3.05) is 6.54 Å². The molecule has 0 saturated heterocycles. The first kappa shape index (κ1) is 13.7. The quantitative estimate of drug-likeness (QED) is 0.863. The fraction of sp³-hybridized carbons (Fsp3) is 0.500. The minimum absolute atomic E-state index is 0.0851. The molecule has 0 aromatic carbocycles. The van der Waals surface area contributed by atoms with Crippen LogP contribution in [0, 0.1) is 6.92 Å². The molecule has 0 spiro atoms. The molecule has 2 aromatic rings. The Labute approximate surface area is 114 Å². The van der Waals surface area contributed by atoms with Crippen molar-refractivity contribution in [1.82, 2.24) is 25.1 Å². The lowest BCUT2D eigenvalue weighted by Gasteiger charge is -2.16. The maximum atomic E-state index is 4.53. The average Bonchev–Trinajstić information content (AvgIpc) is 2.88. The zero-order chi connectivity index (χ0) is 13.7. The van der Waals surface area contributed by atoms with Crippen LogP contribution in [0.3, 0.4) is 0 Å². The van der Waals surface area contributed by atoms with Crippen LogP contribution >= 0.6 is 0 Å². The Morgan fingerprint density at radius 3 is 2.84 bits per heavy atom. The topological polar surface area (TPSA) is 55.6 Å². The second-order valence-corrected chi connectivity index (χ2v) is 4.55. The van der Waals surface area contributed by atoms with Gasteiger partial charge in [0.25, 0.3) is 0 Å². The van der Waals surface area contributed by atoms with Crippen molar-refractivity contribution < 1.29 is 0 Å². The van der Waals surface area contributed by atoms with Crippen molar-refractivity contribution in [3.63, 3.8) is 0 Å². The average molecular weight is 259 g/mol. The highest BCUT2D eigenvalue weighted by atomic mass is 15.3. The molecule has 0 fully saturated rings. The van der Waals surface area contributed by atoms with Crippen LogP contribution in [-0.2, 0) is 6.54 Å². The van der Waals surface area contributed by atoms with Gasteiger partial charge in [0.15, 0.2) is 0 Å². The molecule has 2 heterocycles. The predicted octanol–water partition coefficient (Wildman–Crippen LogP) is 2.09. The van der Waals surface area contributed by atoms with Gasteiger partial charge in [-0.05, 0) is 32.9 Å². The molecule has 1 atom stereocenters.